The van der Waals surface area contributed by atoms with Gasteiger partial charge in [-0.25, -0.2) is 0 Å². The lowest BCUT2D eigenvalue weighted by molar-refractivity contribution is -0.119. The number of carbonyl (C=O) groups excluding carboxylic acids is 1. The Kier molecular flexibility index (Phi) is 5.39. The summed E-state index contributed by atoms with van der Waals surface area (Å²) < 4.78 is 0. The number of thioether (sulfide) groups is 1. The summed E-state index contributed by atoms with van der Waals surface area (Å²) in [5, 5.41) is 3.11. The fraction of sp³-hybridized carbons (Fsp3) is 0.350. The molecule has 1 unspecified atom stereocenters. The van der Waals surface area contributed by atoms with Crippen LogP contribution < -0.4 is 5.32 Å². The van der Waals surface area contributed by atoms with Gasteiger partial charge in [0.1, 0.15) is 0 Å². The maximum atomic E-state index is 12.2. The summed E-state index contributed by atoms with van der Waals surface area (Å²) in [6, 6.07) is 16.8. The predicted octanol–water partition coefficient (Wildman–Crippen LogP) is 4.53. The molecule has 0 heterocycles. The molecular formula is C20H23NOS. The van der Waals surface area contributed by atoms with Crippen molar-refractivity contribution < 1.29 is 4.79 Å². The summed E-state index contributed by atoms with van der Waals surface area (Å²) in [4.78, 5) is 13.3. The van der Waals surface area contributed by atoms with E-state index in [1.165, 1.54) is 42.4 Å². The van der Waals surface area contributed by atoms with Gasteiger partial charge in [0.05, 0.1) is 11.8 Å². The molecule has 0 spiro atoms. The Labute approximate surface area is 142 Å². The van der Waals surface area contributed by atoms with Crippen LogP contribution in [0.4, 0.5) is 0 Å². The Hall–Kier alpha value is -1.74. The highest BCUT2D eigenvalue weighted by molar-refractivity contribution is 8.00. The van der Waals surface area contributed by atoms with E-state index in [0.29, 0.717) is 5.75 Å². The van der Waals surface area contributed by atoms with E-state index in [1.807, 2.05) is 30.3 Å². The lowest BCUT2D eigenvalue weighted by Crippen LogP contribution is -2.28. The Morgan fingerprint density at radius 2 is 1.83 bits per heavy atom. The number of nitrogens with one attached hydrogen (secondary N) is 1. The van der Waals surface area contributed by atoms with Crippen LogP contribution in [0.2, 0.25) is 0 Å². The zero-order chi connectivity index (χ0) is 16.1. The van der Waals surface area contributed by atoms with Crippen molar-refractivity contribution in [3.8, 4) is 0 Å². The van der Waals surface area contributed by atoms with Gasteiger partial charge >= 0.3 is 0 Å². The molecule has 0 aromatic heterocycles. The SMILES string of the molecule is CC(NC(=O)CSc1ccccc1)c1ccc2c(c1)CCCC2. The van der Waals surface area contributed by atoms with Crippen LogP contribution in [0, 0.1) is 0 Å². The minimum absolute atomic E-state index is 0.0612. The molecule has 0 saturated carbocycles. The number of fused-ring (bicyclic) bond motifs is 1. The number of benzene rings is 2. The van der Waals surface area contributed by atoms with Crippen LogP contribution in [0.25, 0.3) is 0 Å². The topological polar surface area (TPSA) is 29.1 Å². The quantitative estimate of drug-likeness (QED) is 0.818. The van der Waals surface area contributed by atoms with Crippen molar-refractivity contribution in [2.45, 2.75) is 43.5 Å². The van der Waals surface area contributed by atoms with Crippen molar-refractivity contribution in [1.82, 2.24) is 5.32 Å². The van der Waals surface area contributed by atoms with Gasteiger partial charge in [0, 0.05) is 4.90 Å². The summed E-state index contributed by atoms with van der Waals surface area (Å²) in [7, 11) is 0. The molecule has 2 aromatic rings. The second-order valence-electron chi connectivity index (χ2n) is 6.13. The van der Waals surface area contributed by atoms with Crippen LogP contribution in [0.5, 0.6) is 0 Å². The molecule has 2 nitrogen and oxygen atoms in total. The zero-order valence-corrected chi connectivity index (χ0v) is 14.4. The molecule has 1 aliphatic carbocycles. The number of hydrogen-bond acceptors (Lipinski definition) is 2. The summed E-state index contributed by atoms with van der Waals surface area (Å²) in [6.45, 7) is 2.07. The second kappa shape index (κ2) is 7.69. The molecule has 1 aliphatic rings. The summed E-state index contributed by atoms with van der Waals surface area (Å²) in [5.41, 5.74) is 4.16. The highest BCUT2D eigenvalue weighted by Gasteiger charge is 2.14. The van der Waals surface area contributed by atoms with Crippen LogP contribution in [0.3, 0.4) is 0 Å². The first-order chi connectivity index (χ1) is 11.2. The first kappa shape index (κ1) is 16.1. The molecule has 3 rings (SSSR count). The molecule has 1 N–H and O–H groups in total. The highest BCUT2D eigenvalue weighted by atomic mass is 32.2. The molecule has 0 saturated heterocycles. The number of hydrogen-bond donors (Lipinski definition) is 1. The van der Waals surface area contributed by atoms with Gasteiger partial charge in [-0.3, -0.25) is 4.79 Å². The fourth-order valence-corrected chi connectivity index (χ4v) is 3.79. The van der Waals surface area contributed by atoms with E-state index >= 15 is 0 Å². The number of carbonyl (C=O) groups is 1. The molecule has 1 amide bonds. The number of aryl methyl sites for hydroxylation is 2. The maximum absolute atomic E-state index is 12.2. The van der Waals surface area contributed by atoms with Gasteiger partial charge in [-0.1, -0.05) is 36.4 Å². The number of amides is 1. The third-order valence-electron chi connectivity index (χ3n) is 4.36. The van der Waals surface area contributed by atoms with Gasteiger partial charge in [0.2, 0.25) is 5.91 Å². The van der Waals surface area contributed by atoms with Crippen molar-refractivity contribution in [1.29, 1.82) is 0 Å². The highest BCUT2D eigenvalue weighted by Crippen LogP contribution is 2.25. The molecule has 3 heteroatoms. The van der Waals surface area contributed by atoms with Crippen LogP contribution in [0.1, 0.15) is 42.5 Å². The van der Waals surface area contributed by atoms with Crippen molar-refractivity contribution in [2.75, 3.05) is 5.75 Å². The largest absolute Gasteiger partial charge is 0.349 e. The summed E-state index contributed by atoms with van der Waals surface area (Å²) >= 11 is 1.58. The van der Waals surface area contributed by atoms with E-state index in [9.17, 15) is 4.79 Å². The molecule has 0 radical (unpaired) electrons. The smallest absolute Gasteiger partial charge is 0.230 e. The summed E-state index contributed by atoms with van der Waals surface area (Å²) in [6.07, 6.45) is 4.96. The van der Waals surface area contributed by atoms with Gasteiger partial charge < -0.3 is 5.32 Å². The Morgan fingerprint density at radius 1 is 1.09 bits per heavy atom. The minimum atomic E-state index is 0.0612. The van der Waals surface area contributed by atoms with Crippen molar-refractivity contribution in [3.05, 3.63) is 65.2 Å². The Balaban J connectivity index is 1.56. The van der Waals surface area contributed by atoms with E-state index in [0.717, 1.165) is 4.90 Å². The summed E-state index contributed by atoms with van der Waals surface area (Å²) in [5.74, 6) is 0.545. The molecule has 23 heavy (non-hydrogen) atoms. The van der Waals surface area contributed by atoms with E-state index < -0.39 is 0 Å². The van der Waals surface area contributed by atoms with Crippen molar-refractivity contribution in [3.63, 3.8) is 0 Å². The van der Waals surface area contributed by atoms with Crippen LogP contribution in [-0.2, 0) is 17.6 Å². The fourth-order valence-electron chi connectivity index (χ4n) is 3.05. The molecule has 0 aliphatic heterocycles. The van der Waals surface area contributed by atoms with Gasteiger partial charge in [0.15, 0.2) is 0 Å². The molecule has 0 bridgehead atoms. The lowest BCUT2D eigenvalue weighted by Gasteiger charge is -2.20. The Bertz CT molecular complexity index is 669. The predicted molar refractivity (Wildman–Crippen MR) is 96.8 cm³/mol. The standard InChI is InChI=1S/C20H23NOS/c1-15(17-12-11-16-7-5-6-8-18(16)13-17)21-20(22)14-23-19-9-3-2-4-10-19/h2-4,9-13,15H,5-8,14H2,1H3,(H,21,22). The van der Waals surface area contributed by atoms with E-state index in [1.54, 1.807) is 11.8 Å². The third-order valence-corrected chi connectivity index (χ3v) is 5.38. The average molecular weight is 325 g/mol. The number of rotatable bonds is 5. The van der Waals surface area contributed by atoms with Crippen LogP contribution in [0.15, 0.2) is 53.4 Å². The first-order valence-electron chi connectivity index (χ1n) is 8.31. The van der Waals surface area contributed by atoms with E-state index in [2.05, 4.69) is 30.4 Å². The monoisotopic (exact) mass is 325 g/mol. The van der Waals surface area contributed by atoms with Gasteiger partial charge in [-0.2, -0.15) is 0 Å². The Morgan fingerprint density at radius 3 is 2.61 bits per heavy atom. The molecule has 1 atom stereocenters. The van der Waals surface area contributed by atoms with Gasteiger partial charge in [0.25, 0.3) is 0 Å². The van der Waals surface area contributed by atoms with Gasteiger partial charge in [-0.15, -0.1) is 11.8 Å². The van der Waals surface area contributed by atoms with Crippen molar-refractivity contribution >= 4 is 17.7 Å². The zero-order valence-electron chi connectivity index (χ0n) is 13.5. The van der Waals surface area contributed by atoms with Crippen LogP contribution in [-0.4, -0.2) is 11.7 Å². The maximum Gasteiger partial charge on any atom is 0.230 e. The molecular weight excluding hydrogens is 302 g/mol. The van der Waals surface area contributed by atoms with E-state index in [4.69, 9.17) is 0 Å². The van der Waals surface area contributed by atoms with Crippen molar-refractivity contribution in [2.24, 2.45) is 0 Å². The average Bonchev–Trinajstić information content (AvgIpc) is 2.60. The molecule has 120 valence electrons. The third kappa shape index (κ3) is 4.38. The normalized spacial score (nSPS) is 14.8. The minimum Gasteiger partial charge on any atom is -0.349 e. The van der Waals surface area contributed by atoms with E-state index in [-0.39, 0.29) is 11.9 Å². The van der Waals surface area contributed by atoms with Crippen LogP contribution >= 0.6 is 11.8 Å². The lowest BCUT2D eigenvalue weighted by atomic mass is 9.89. The first-order valence-corrected chi connectivity index (χ1v) is 9.30. The van der Waals surface area contributed by atoms with Gasteiger partial charge in [-0.05, 0) is 61.4 Å². The second-order valence-corrected chi connectivity index (χ2v) is 7.17. The molecule has 2 aromatic carbocycles. The molecule has 0 fully saturated rings.